The highest BCUT2D eigenvalue weighted by Crippen LogP contribution is 2.49. The van der Waals surface area contributed by atoms with Gasteiger partial charge in [0, 0.05) is 17.8 Å². The van der Waals surface area contributed by atoms with E-state index in [1.807, 2.05) is 12.1 Å². The fourth-order valence-corrected chi connectivity index (χ4v) is 3.55. The second-order valence-corrected chi connectivity index (χ2v) is 5.90. The molecule has 0 N–H and O–H groups in total. The molecule has 2 aromatic rings. The predicted molar refractivity (Wildman–Crippen MR) is 74.9 cm³/mol. The second kappa shape index (κ2) is 4.54. The molecule has 0 aromatic carbocycles. The Bertz CT molecular complexity index is 634. The van der Waals surface area contributed by atoms with E-state index < -0.39 is 0 Å². The molecule has 0 aliphatic heterocycles. The van der Waals surface area contributed by atoms with Gasteiger partial charge in [-0.3, -0.25) is 4.98 Å². The van der Waals surface area contributed by atoms with Crippen molar-refractivity contribution in [3.63, 3.8) is 0 Å². The van der Waals surface area contributed by atoms with Gasteiger partial charge >= 0.3 is 0 Å². The van der Waals surface area contributed by atoms with Crippen molar-refractivity contribution in [3.8, 4) is 11.5 Å². The van der Waals surface area contributed by atoms with Crippen LogP contribution in [-0.2, 0) is 5.41 Å². The van der Waals surface area contributed by atoms with Gasteiger partial charge in [0.15, 0.2) is 0 Å². The van der Waals surface area contributed by atoms with Gasteiger partial charge in [0.2, 0.25) is 11.8 Å². The topological polar surface area (TPSA) is 51.8 Å². The molecule has 20 heavy (non-hydrogen) atoms. The van der Waals surface area contributed by atoms with Crippen LogP contribution in [0.5, 0.6) is 0 Å². The van der Waals surface area contributed by atoms with Crippen molar-refractivity contribution in [2.45, 2.75) is 37.5 Å². The van der Waals surface area contributed by atoms with Gasteiger partial charge in [-0.1, -0.05) is 12.2 Å². The Kier molecular flexibility index (Phi) is 2.69. The van der Waals surface area contributed by atoms with Crippen LogP contribution in [0.15, 0.2) is 41.1 Å². The van der Waals surface area contributed by atoms with Crippen LogP contribution in [0.2, 0.25) is 0 Å². The maximum atomic E-state index is 6.00. The number of hydrogen-bond acceptors (Lipinski definition) is 4. The van der Waals surface area contributed by atoms with Gasteiger partial charge in [-0.15, -0.1) is 10.2 Å². The van der Waals surface area contributed by atoms with Crippen LogP contribution in [-0.4, -0.2) is 15.2 Å². The minimum Gasteiger partial charge on any atom is -0.420 e. The molecule has 2 unspecified atom stereocenters. The van der Waals surface area contributed by atoms with E-state index in [0.717, 1.165) is 37.1 Å². The summed E-state index contributed by atoms with van der Waals surface area (Å²) in [6, 6.07) is 3.84. The van der Waals surface area contributed by atoms with Gasteiger partial charge in [0.1, 0.15) is 0 Å². The first kappa shape index (κ1) is 11.8. The van der Waals surface area contributed by atoms with Gasteiger partial charge < -0.3 is 4.42 Å². The standard InChI is InChI=1S/C16H17N3O/c1-2-7-16(8-6-12(4-1)10-16)15-19-18-14(20-15)13-5-3-9-17-11-13/h1,3-5,9,11-12H,2,6-8,10H2. The van der Waals surface area contributed by atoms with E-state index in [4.69, 9.17) is 4.42 Å². The molecule has 2 atom stereocenters. The van der Waals surface area contributed by atoms with Crippen molar-refractivity contribution in [2.75, 3.05) is 0 Å². The SMILES string of the molecule is C1=CC2CCC(c3nnc(-c4cccnc4)o3)(CC1)C2. The molecule has 4 nitrogen and oxygen atoms in total. The zero-order chi connectivity index (χ0) is 13.4. The van der Waals surface area contributed by atoms with E-state index >= 15 is 0 Å². The average Bonchev–Trinajstić information content (AvgIpc) is 3.06. The van der Waals surface area contributed by atoms with E-state index in [2.05, 4.69) is 27.3 Å². The number of hydrogen-bond donors (Lipinski definition) is 0. The largest absolute Gasteiger partial charge is 0.420 e. The normalized spacial score (nSPS) is 28.5. The highest BCUT2D eigenvalue weighted by molar-refractivity contribution is 5.50. The predicted octanol–water partition coefficient (Wildman–Crippen LogP) is 3.52. The highest BCUT2D eigenvalue weighted by Gasteiger charge is 2.44. The van der Waals surface area contributed by atoms with Crippen LogP contribution in [0.3, 0.4) is 0 Å². The molecule has 2 aliphatic carbocycles. The number of rotatable bonds is 2. The first-order valence-corrected chi connectivity index (χ1v) is 7.27. The molecule has 0 radical (unpaired) electrons. The van der Waals surface area contributed by atoms with E-state index in [9.17, 15) is 0 Å². The number of nitrogens with zero attached hydrogens (tertiary/aromatic N) is 3. The Morgan fingerprint density at radius 3 is 3.15 bits per heavy atom. The molecule has 1 saturated carbocycles. The average molecular weight is 267 g/mol. The number of aromatic nitrogens is 3. The lowest BCUT2D eigenvalue weighted by molar-refractivity contribution is 0.309. The summed E-state index contributed by atoms with van der Waals surface area (Å²) in [4.78, 5) is 4.11. The summed E-state index contributed by atoms with van der Waals surface area (Å²) in [6.07, 6.45) is 14.0. The molecule has 2 bridgehead atoms. The van der Waals surface area contributed by atoms with Gasteiger partial charge in [-0.25, -0.2) is 0 Å². The smallest absolute Gasteiger partial charge is 0.249 e. The molecule has 2 aliphatic rings. The van der Waals surface area contributed by atoms with Crippen LogP contribution in [0.1, 0.15) is 38.0 Å². The molecule has 102 valence electrons. The second-order valence-electron chi connectivity index (χ2n) is 5.90. The Morgan fingerprint density at radius 2 is 2.25 bits per heavy atom. The lowest BCUT2D eigenvalue weighted by Gasteiger charge is -2.23. The van der Waals surface area contributed by atoms with Crippen molar-refractivity contribution in [1.29, 1.82) is 0 Å². The van der Waals surface area contributed by atoms with Crippen LogP contribution in [0.25, 0.3) is 11.5 Å². The third-order valence-corrected chi connectivity index (χ3v) is 4.63. The molecule has 4 rings (SSSR count). The van der Waals surface area contributed by atoms with Crippen LogP contribution in [0.4, 0.5) is 0 Å². The van der Waals surface area contributed by atoms with E-state index in [1.165, 1.54) is 6.42 Å². The Hall–Kier alpha value is -1.97. The van der Waals surface area contributed by atoms with Gasteiger partial charge in [-0.05, 0) is 50.2 Å². The van der Waals surface area contributed by atoms with Crippen molar-refractivity contribution < 1.29 is 4.42 Å². The summed E-state index contributed by atoms with van der Waals surface area (Å²) in [7, 11) is 0. The molecule has 2 aromatic heterocycles. The van der Waals surface area contributed by atoms with Gasteiger partial charge in [0.05, 0.1) is 5.56 Å². The van der Waals surface area contributed by atoms with Crippen LogP contribution in [0, 0.1) is 5.92 Å². The Morgan fingerprint density at radius 1 is 1.25 bits per heavy atom. The number of fused-ring (bicyclic) bond motifs is 2. The quantitative estimate of drug-likeness (QED) is 0.781. The minimum atomic E-state index is 0.0988. The molecule has 4 heteroatoms. The molecule has 0 saturated heterocycles. The van der Waals surface area contributed by atoms with E-state index in [0.29, 0.717) is 11.8 Å². The third-order valence-electron chi connectivity index (χ3n) is 4.63. The summed E-state index contributed by atoms with van der Waals surface area (Å²) in [5.41, 5.74) is 0.991. The number of allylic oxidation sites excluding steroid dienone is 2. The molecule has 0 spiro atoms. The first-order chi connectivity index (χ1) is 9.86. The molecular weight excluding hydrogens is 250 g/mol. The molecule has 2 heterocycles. The zero-order valence-corrected chi connectivity index (χ0v) is 11.3. The van der Waals surface area contributed by atoms with Gasteiger partial charge in [-0.2, -0.15) is 0 Å². The van der Waals surface area contributed by atoms with Gasteiger partial charge in [0.25, 0.3) is 0 Å². The summed E-state index contributed by atoms with van der Waals surface area (Å²) in [6.45, 7) is 0. The van der Waals surface area contributed by atoms with Crippen molar-refractivity contribution in [1.82, 2.24) is 15.2 Å². The lowest BCUT2D eigenvalue weighted by atomic mass is 9.81. The Labute approximate surface area is 117 Å². The fraction of sp³-hybridized carbons (Fsp3) is 0.438. The van der Waals surface area contributed by atoms with Crippen molar-refractivity contribution in [3.05, 3.63) is 42.6 Å². The zero-order valence-electron chi connectivity index (χ0n) is 11.3. The van der Waals surface area contributed by atoms with E-state index in [-0.39, 0.29) is 5.41 Å². The lowest BCUT2D eigenvalue weighted by Crippen LogP contribution is -2.22. The summed E-state index contributed by atoms with van der Waals surface area (Å²) in [5.74, 6) is 2.09. The Balaban J connectivity index is 1.68. The minimum absolute atomic E-state index is 0.0988. The maximum Gasteiger partial charge on any atom is 0.249 e. The fourth-order valence-electron chi connectivity index (χ4n) is 3.55. The first-order valence-electron chi connectivity index (χ1n) is 7.27. The molecule has 1 fully saturated rings. The summed E-state index contributed by atoms with van der Waals surface area (Å²) >= 11 is 0. The van der Waals surface area contributed by atoms with Crippen LogP contribution >= 0.6 is 0 Å². The summed E-state index contributed by atoms with van der Waals surface area (Å²) in [5, 5.41) is 8.58. The molecular formula is C16H17N3O. The highest BCUT2D eigenvalue weighted by atomic mass is 16.4. The third kappa shape index (κ3) is 1.87. The summed E-state index contributed by atoms with van der Waals surface area (Å²) < 4.78 is 6.00. The number of pyridine rings is 1. The molecule has 0 amide bonds. The van der Waals surface area contributed by atoms with Crippen molar-refractivity contribution in [2.24, 2.45) is 5.92 Å². The van der Waals surface area contributed by atoms with Crippen molar-refractivity contribution >= 4 is 0 Å². The monoisotopic (exact) mass is 267 g/mol. The van der Waals surface area contributed by atoms with Crippen LogP contribution < -0.4 is 0 Å². The maximum absolute atomic E-state index is 6.00. The van der Waals surface area contributed by atoms with E-state index in [1.54, 1.807) is 12.4 Å².